The number of benzene rings is 2. The summed E-state index contributed by atoms with van der Waals surface area (Å²) in [5, 5.41) is 6.28. The number of hydrogen-bond acceptors (Lipinski definition) is 5. The molecule has 0 aliphatic carbocycles. The van der Waals surface area contributed by atoms with Crippen molar-refractivity contribution in [3.05, 3.63) is 65.8 Å². The smallest absolute Gasteiger partial charge is 0.413 e. The lowest BCUT2D eigenvalue weighted by molar-refractivity contribution is -0.156. The van der Waals surface area contributed by atoms with Gasteiger partial charge in [0.2, 0.25) is 5.89 Å². The molecular formula is C21H18F4N4O3. The van der Waals surface area contributed by atoms with Crippen LogP contribution < -0.4 is 4.90 Å². The van der Waals surface area contributed by atoms with Gasteiger partial charge in [0.15, 0.2) is 0 Å². The van der Waals surface area contributed by atoms with Crippen molar-refractivity contribution < 1.29 is 31.5 Å². The highest BCUT2D eigenvalue weighted by Gasteiger charge is 2.38. The van der Waals surface area contributed by atoms with Gasteiger partial charge < -0.3 is 14.1 Å². The predicted octanol–water partition coefficient (Wildman–Crippen LogP) is 4.35. The Morgan fingerprint density at radius 2 is 1.78 bits per heavy atom. The van der Waals surface area contributed by atoms with Crippen LogP contribution in [0.25, 0.3) is 11.5 Å². The lowest BCUT2D eigenvalue weighted by Gasteiger charge is -2.33. The molecule has 2 amide bonds. The molecule has 2 aromatic carbocycles. The Hall–Kier alpha value is -3.47. The molecule has 1 saturated heterocycles. The number of morpholine rings is 1. The number of aromatic nitrogens is 2. The molecule has 2 heterocycles. The van der Waals surface area contributed by atoms with Gasteiger partial charge in [0.05, 0.1) is 19.8 Å². The van der Waals surface area contributed by atoms with Crippen molar-refractivity contribution in [3.8, 4) is 11.5 Å². The van der Waals surface area contributed by atoms with E-state index in [1.54, 1.807) is 35.2 Å². The molecule has 3 aromatic rings. The fourth-order valence-corrected chi connectivity index (χ4v) is 3.24. The first-order valence-electron chi connectivity index (χ1n) is 9.71. The van der Waals surface area contributed by atoms with Gasteiger partial charge >= 0.3 is 18.1 Å². The van der Waals surface area contributed by atoms with Gasteiger partial charge in [-0.15, -0.1) is 10.2 Å². The van der Waals surface area contributed by atoms with Gasteiger partial charge in [-0.2, -0.15) is 13.2 Å². The first-order chi connectivity index (χ1) is 15.3. The maximum absolute atomic E-state index is 14.9. The summed E-state index contributed by atoms with van der Waals surface area (Å²) >= 11 is 0. The Labute approximate surface area is 180 Å². The SMILES string of the molecule is O=C(N1CCOCC1)N(Cc1ccc(-c2nnc(C(F)(F)F)o2)cc1F)c1ccccc1. The van der Waals surface area contributed by atoms with Gasteiger partial charge in [0.1, 0.15) is 5.82 Å². The van der Waals surface area contributed by atoms with Crippen LogP contribution in [0, 0.1) is 5.82 Å². The van der Waals surface area contributed by atoms with Crippen LogP contribution in [0.2, 0.25) is 0 Å². The lowest BCUT2D eigenvalue weighted by Crippen LogP contribution is -2.48. The van der Waals surface area contributed by atoms with Crippen molar-refractivity contribution >= 4 is 11.7 Å². The van der Waals surface area contributed by atoms with Crippen LogP contribution in [0.1, 0.15) is 11.5 Å². The second-order valence-electron chi connectivity index (χ2n) is 7.02. The van der Waals surface area contributed by atoms with Gasteiger partial charge in [-0.3, -0.25) is 4.90 Å². The van der Waals surface area contributed by atoms with Gasteiger partial charge in [-0.25, -0.2) is 9.18 Å². The van der Waals surface area contributed by atoms with E-state index < -0.39 is 23.8 Å². The molecule has 4 rings (SSSR count). The number of halogens is 4. The van der Waals surface area contributed by atoms with Crippen molar-refractivity contribution in [2.75, 3.05) is 31.2 Å². The van der Waals surface area contributed by atoms with E-state index >= 15 is 0 Å². The number of hydrogen-bond donors (Lipinski definition) is 0. The maximum Gasteiger partial charge on any atom is 0.470 e. The van der Waals surface area contributed by atoms with Crippen LogP contribution in [0.4, 0.5) is 28.0 Å². The Morgan fingerprint density at radius 1 is 1.06 bits per heavy atom. The molecule has 1 aliphatic rings. The molecule has 11 heteroatoms. The number of rotatable bonds is 4. The molecule has 7 nitrogen and oxygen atoms in total. The summed E-state index contributed by atoms with van der Waals surface area (Å²) in [5.74, 6) is -2.68. The normalized spacial score (nSPS) is 14.4. The summed E-state index contributed by atoms with van der Waals surface area (Å²) in [6, 6.07) is 12.3. The molecule has 0 spiro atoms. The third kappa shape index (κ3) is 4.72. The number of anilines is 1. The van der Waals surface area contributed by atoms with Gasteiger partial charge in [-0.1, -0.05) is 24.3 Å². The standard InChI is InChI=1S/C21H18F4N4O3/c22-17-12-14(18-26-27-19(32-18)21(23,24)25)6-7-15(17)13-29(16-4-2-1-3-5-16)20(30)28-8-10-31-11-9-28/h1-7,12H,8-11,13H2. The zero-order valence-corrected chi connectivity index (χ0v) is 16.7. The minimum absolute atomic E-state index is 0.0000157. The zero-order chi connectivity index (χ0) is 22.7. The molecule has 0 N–H and O–H groups in total. The molecule has 1 aliphatic heterocycles. The Morgan fingerprint density at radius 3 is 2.41 bits per heavy atom. The highest BCUT2D eigenvalue weighted by atomic mass is 19.4. The van der Waals surface area contributed by atoms with Crippen molar-refractivity contribution in [3.63, 3.8) is 0 Å². The molecule has 32 heavy (non-hydrogen) atoms. The molecule has 1 fully saturated rings. The highest BCUT2D eigenvalue weighted by molar-refractivity contribution is 5.92. The van der Waals surface area contributed by atoms with Crippen LogP contribution in [-0.2, 0) is 17.5 Å². The van der Waals surface area contributed by atoms with Crippen LogP contribution in [-0.4, -0.2) is 47.4 Å². The molecule has 168 valence electrons. The van der Waals surface area contributed by atoms with Gasteiger partial charge in [0, 0.05) is 29.9 Å². The molecule has 0 saturated carbocycles. The zero-order valence-electron chi connectivity index (χ0n) is 16.7. The lowest BCUT2D eigenvalue weighted by atomic mass is 10.1. The first kappa shape index (κ1) is 21.8. The Balaban J connectivity index is 1.59. The molecule has 0 bridgehead atoms. The van der Waals surface area contributed by atoms with E-state index in [1.807, 2.05) is 0 Å². The third-order valence-electron chi connectivity index (χ3n) is 4.88. The first-order valence-corrected chi connectivity index (χ1v) is 9.71. The van der Waals surface area contributed by atoms with Crippen LogP contribution in [0.3, 0.4) is 0 Å². The second-order valence-corrected chi connectivity index (χ2v) is 7.02. The monoisotopic (exact) mass is 450 g/mol. The number of urea groups is 1. The third-order valence-corrected chi connectivity index (χ3v) is 4.88. The van der Waals surface area contributed by atoms with E-state index in [0.717, 1.165) is 6.07 Å². The summed E-state index contributed by atoms with van der Waals surface area (Å²) in [6.07, 6.45) is -4.79. The van der Waals surface area contributed by atoms with Crippen molar-refractivity contribution in [1.29, 1.82) is 0 Å². The summed E-state index contributed by atoms with van der Waals surface area (Å²) < 4.78 is 62.8. The van der Waals surface area contributed by atoms with E-state index in [2.05, 4.69) is 14.6 Å². The topological polar surface area (TPSA) is 71.7 Å². The summed E-state index contributed by atoms with van der Waals surface area (Å²) in [6.45, 7) is 1.59. The van der Waals surface area contributed by atoms with E-state index in [9.17, 15) is 22.4 Å². The van der Waals surface area contributed by atoms with Gasteiger partial charge in [0.25, 0.3) is 0 Å². The molecule has 0 atom stereocenters. The predicted molar refractivity (Wildman–Crippen MR) is 105 cm³/mol. The average molecular weight is 450 g/mol. The van der Waals surface area contributed by atoms with Crippen molar-refractivity contribution in [2.45, 2.75) is 12.7 Å². The van der Waals surface area contributed by atoms with Crippen LogP contribution >= 0.6 is 0 Å². The minimum Gasteiger partial charge on any atom is -0.413 e. The minimum atomic E-state index is -4.79. The Kier molecular flexibility index (Phi) is 6.08. The van der Waals surface area contributed by atoms with E-state index in [-0.39, 0.29) is 23.7 Å². The molecule has 0 unspecified atom stereocenters. The molecule has 1 aromatic heterocycles. The summed E-state index contributed by atoms with van der Waals surface area (Å²) in [4.78, 5) is 16.2. The second kappa shape index (κ2) is 8.95. The van der Waals surface area contributed by atoms with E-state index in [4.69, 9.17) is 4.74 Å². The number of nitrogens with zero attached hydrogens (tertiary/aromatic N) is 4. The summed E-state index contributed by atoms with van der Waals surface area (Å²) in [7, 11) is 0. The van der Waals surface area contributed by atoms with E-state index in [0.29, 0.717) is 32.0 Å². The fourth-order valence-electron chi connectivity index (χ4n) is 3.24. The van der Waals surface area contributed by atoms with Crippen LogP contribution in [0.5, 0.6) is 0 Å². The van der Waals surface area contributed by atoms with E-state index in [1.165, 1.54) is 17.0 Å². The highest BCUT2D eigenvalue weighted by Crippen LogP contribution is 2.31. The quantitative estimate of drug-likeness (QED) is 0.553. The van der Waals surface area contributed by atoms with Crippen molar-refractivity contribution in [1.82, 2.24) is 15.1 Å². The number of carbonyl (C=O) groups excluding carboxylic acids is 1. The number of amides is 2. The van der Waals surface area contributed by atoms with Gasteiger partial charge in [-0.05, 0) is 24.3 Å². The Bertz CT molecular complexity index is 1080. The average Bonchev–Trinajstić information content (AvgIpc) is 3.30. The largest absolute Gasteiger partial charge is 0.470 e. The number of carbonyl (C=O) groups is 1. The number of alkyl halides is 3. The fraction of sp³-hybridized carbons (Fsp3) is 0.286. The van der Waals surface area contributed by atoms with Crippen LogP contribution in [0.15, 0.2) is 52.9 Å². The molecular weight excluding hydrogens is 432 g/mol. The van der Waals surface area contributed by atoms with Crippen molar-refractivity contribution in [2.24, 2.45) is 0 Å². The number of para-hydroxylation sites is 1. The summed E-state index contributed by atoms with van der Waals surface area (Å²) in [5.41, 5.74) is 0.758. The molecule has 0 radical (unpaired) electrons. The maximum atomic E-state index is 14.9. The number of ether oxygens (including phenoxy) is 1.